The topological polar surface area (TPSA) is 90.7 Å². The van der Waals surface area contributed by atoms with Gasteiger partial charge in [-0.25, -0.2) is 4.79 Å². The molecule has 0 aliphatic heterocycles. The second-order valence-corrected chi connectivity index (χ2v) is 5.08. The molecule has 1 fully saturated rings. The summed E-state index contributed by atoms with van der Waals surface area (Å²) in [6.45, 7) is -0.135. The van der Waals surface area contributed by atoms with Crippen LogP contribution in [0.15, 0.2) is 18.2 Å². The Hall–Kier alpha value is -2.24. The predicted octanol–water partition coefficient (Wildman–Crippen LogP) is 1.49. The Bertz CT molecular complexity index is 524. The van der Waals surface area contributed by atoms with Gasteiger partial charge in [0.15, 0.2) is 6.61 Å². The van der Waals surface area contributed by atoms with Crippen molar-refractivity contribution < 1.29 is 19.1 Å². The van der Waals surface area contributed by atoms with Gasteiger partial charge in [-0.15, -0.1) is 0 Å². The van der Waals surface area contributed by atoms with Crippen molar-refractivity contribution in [3.05, 3.63) is 23.8 Å². The standard InChI is InChI=1S/C15H20N2O4/c1-20-15(19)12-8-10(16)6-7-13(12)21-9-14(18)17-11-4-2-3-5-11/h6-8,11H,2-5,9,16H2,1H3,(H,17,18). The quantitative estimate of drug-likeness (QED) is 0.634. The van der Waals surface area contributed by atoms with Crippen LogP contribution in [0.25, 0.3) is 0 Å². The van der Waals surface area contributed by atoms with E-state index in [1.165, 1.54) is 13.2 Å². The third-order valence-corrected chi connectivity index (χ3v) is 3.49. The summed E-state index contributed by atoms with van der Waals surface area (Å²) in [6, 6.07) is 4.88. The molecule has 21 heavy (non-hydrogen) atoms. The summed E-state index contributed by atoms with van der Waals surface area (Å²) in [5.41, 5.74) is 6.29. The third kappa shape index (κ3) is 4.11. The summed E-state index contributed by atoms with van der Waals surface area (Å²) in [5.74, 6) is -0.444. The van der Waals surface area contributed by atoms with E-state index in [4.69, 9.17) is 10.5 Å². The highest BCUT2D eigenvalue weighted by atomic mass is 16.5. The van der Waals surface area contributed by atoms with Gasteiger partial charge in [0.05, 0.1) is 7.11 Å². The average molecular weight is 292 g/mol. The van der Waals surface area contributed by atoms with Crippen LogP contribution in [0.5, 0.6) is 5.75 Å². The number of esters is 1. The Kier molecular flexibility index (Phi) is 5.03. The van der Waals surface area contributed by atoms with Crippen LogP contribution in [-0.4, -0.2) is 31.6 Å². The number of amides is 1. The molecule has 0 heterocycles. The summed E-state index contributed by atoms with van der Waals surface area (Å²) in [6.07, 6.45) is 4.33. The van der Waals surface area contributed by atoms with Gasteiger partial charge in [-0.3, -0.25) is 4.79 Å². The normalized spacial score (nSPS) is 14.7. The number of nitrogens with two attached hydrogens (primary N) is 1. The van der Waals surface area contributed by atoms with Gasteiger partial charge in [0.25, 0.3) is 5.91 Å². The number of rotatable bonds is 5. The van der Waals surface area contributed by atoms with Gasteiger partial charge in [-0.1, -0.05) is 12.8 Å². The van der Waals surface area contributed by atoms with E-state index in [-0.39, 0.29) is 29.9 Å². The Morgan fingerprint density at radius 1 is 1.33 bits per heavy atom. The van der Waals surface area contributed by atoms with Crippen LogP contribution in [0.1, 0.15) is 36.0 Å². The first-order valence-electron chi connectivity index (χ1n) is 7.00. The minimum absolute atomic E-state index is 0.135. The summed E-state index contributed by atoms with van der Waals surface area (Å²) in [4.78, 5) is 23.5. The fourth-order valence-electron chi connectivity index (χ4n) is 2.43. The second-order valence-electron chi connectivity index (χ2n) is 5.08. The van der Waals surface area contributed by atoms with E-state index in [0.29, 0.717) is 5.69 Å². The molecule has 0 spiro atoms. The number of hydrogen-bond acceptors (Lipinski definition) is 5. The average Bonchev–Trinajstić information content (AvgIpc) is 2.98. The van der Waals surface area contributed by atoms with Crippen molar-refractivity contribution in [2.45, 2.75) is 31.7 Å². The molecule has 0 atom stereocenters. The zero-order valence-electron chi connectivity index (χ0n) is 12.1. The number of hydrogen-bond donors (Lipinski definition) is 2. The summed E-state index contributed by atoms with van der Waals surface area (Å²) in [7, 11) is 1.28. The molecule has 114 valence electrons. The Balaban J connectivity index is 1.95. The van der Waals surface area contributed by atoms with E-state index < -0.39 is 5.97 Å². The lowest BCUT2D eigenvalue weighted by Gasteiger charge is -2.14. The maximum atomic E-state index is 11.8. The molecule has 1 aromatic rings. The van der Waals surface area contributed by atoms with E-state index in [9.17, 15) is 9.59 Å². The maximum Gasteiger partial charge on any atom is 0.341 e. The van der Waals surface area contributed by atoms with Crippen molar-refractivity contribution in [2.24, 2.45) is 0 Å². The third-order valence-electron chi connectivity index (χ3n) is 3.49. The van der Waals surface area contributed by atoms with Crippen LogP contribution in [-0.2, 0) is 9.53 Å². The van der Waals surface area contributed by atoms with E-state index in [1.807, 2.05) is 0 Å². The molecule has 1 amide bonds. The van der Waals surface area contributed by atoms with E-state index in [0.717, 1.165) is 25.7 Å². The molecular formula is C15H20N2O4. The van der Waals surface area contributed by atoms with Crippen LogP contribution in [0.4, 0.5) is 5.69 Å². The first kappa shape index (κ1) is 15.2. The SMILES string of the molecule is COC(=O)c1cc(N)ccc1OCC(=O)NC1CCCC1. The highest BCUT2D eigenvalue weighted by Crippen LogP contribution is 2.22. The van der Waals surface area contributed by atoms with Crippen molar-refractivity contribution >= 4 is 17.6 Å². The lowest BCUT2D eigenvalue weighted by molar-refractivity contribution is -0.123. The molecule has 0 aromatic heterocycles. The van der Waals surface area contributed by atoms with Crippen LogP contribution in [0.3, 0.4) is 0 Å². The molecular weight excluding hydrogens is 272 g/mol. The molecule has 6 heteroatoms. The van der Waals surface area contributed by atoms with Crippen molar-refractivity contribution in [3.8, 4) is 5.75 Å². The van der Waals surface area contributed by atoms with E-state index in [2.05, 4.69) is 10.1 Å². The minimum atomic E-state index is -0.548. The highest BCUT2D eigenvalue weighted by Gasteiger charge is 2.18. The number of methoxy groups -OCH3 is 1. The first-order valence-corrected chi connectivity index (χ1v) is 7.00. The molecule has 0 radical (unpaired) electrons. The number of anilines is 1. The Morgan fingerprint density at radius 2 is 2.05 bits per heavy atom. The van der Waals surface area contributed by atoms with Gasteiger partial charge in [0, 0.05) is 11.7 Å². The zero-order chi connectivity index (χ0) is 15.2. The molecule has 3 N–H and O–H groups in total. The molecule has 0 bridgehead atoms. The van der Waals surface area contributed by atoms with Gasteiger partial charge in [0.2, 0.25) is 0 Å². The van der Waals surface area contributed by atoms with Crippen LogP contribution < -0.4 is 15.8 Å². The fraction of sp³-hybridized carbons (Fsp3) is 0.467. The summed E-state index contributed by atoms with van der Waals surface area (Å²) in [5, 5.41) is 2.92. The number of nitrogens with one attached hydrogen (secondary N) is 1. The Morgan fingerprint density at radius 3 is 2.71 bits per heavy atom. The lowest BCUT2D eigenvalue weighted by atomic mass is 10.2. The number of nitrogen functional groups attached to an aromatic ring is 1. The molecule has 1 aliphatic rings. The van der Waals surface area contributed by atoms with Crippen LogP contribution in [0.2, 0.25) is 0 Å². The molecule has 0 saturated heterocycles. The number of benzene rings is 1. The summed E-state index contributed by atoms with van der Waals surface area (Å²) < 4.78 is 10.1. The monoisotopic (exact) mass is 292 g/mol. The van der Waals surface area contributed by atoms with Crippen LogP contribution >= 0.6 is 0 Å². The van der Waals surface area contributed by atoms with Crippen molar-refractivity contribution in [2.75, 3.05) is 19.5 Å². The van der Waals surface area contributed by atoms with E-state index in [1.54, 1.807) is 12.1 Å². The fourth-order valence-corrected chi connectivity index (χ4v) is 2.43. The number of ether oxygens (including phenoxy) is 2. The highest BCUT2D eigenvalue weighted by molar-refractivity contribution is 5.93. The van der Waals surface area contributed by atoms with E-state index >= 15 is 0 Å². The smallest absolute Gasteiger partial charge is 0.341 e. The van der Waals surface area contributed by atoms with Crippen molar-refractivity contribution in [1.29, 1.82) is 0 Å². The van der Waals surface area contributed by atoms with Gasteiger partial charge in [-0.2, -0.15) is 0 Å². The predicted molar refractivity (Wildman–Crippen MR) is 78.1 cm³/mol. The molecule has 1 saturated carbocycles. The molecule has 0 unspecified atom stereocenters. The van der Waals surface area contributed by atoms with Crippen molar-refractivity contribution in [1.82, 2.24) is 5.32 Å². The molecule has 2 rings (SSSR count). The zero-order valence-corrected chi connectivity index (χ0v) is 12.1. The Labute approximate surface area is 123 Å². The largest absolute Gasteiger partial charge is 0.483 e. The molecule has 1 aromatic carbocycles. The first-order chi connectivity index (χ1) is 10.1. The summed E-state index contributed by atoms with van der Waals surface area (Å²) >= 11 is 0. The van der Waals surface area contributed by atoms with Gasteiger partial charge in [0.1, 0.15) is 11.3 Å². The second kappa shape index (κ2) is 6.97. The molecule has 6 nitrogen and oxygen atoms in total. The van der Waals surface area contributed by atoms with Gasteiger partial charge >= 0.3 is 5.97 Å². The van der Waals surface area contributed by atoms with Crippen LogP contribution in [0, 0.1) is 0 Å². The maximum absolute atomic E-state index is 11.8. The lowest BCUT2D eigenvalue weighted by Crippen LogP contribution is -2.36. The van der Waals surface area contributed by atoms with Gasteiger partial charge < -0.3 is 20.5 Å². The number of carbonyl (C=O) groups is 2. The minimum Gasteiger partial charge on any atom is -0.483 e. The molecule has 1 aliphatic carbocycles. The van der Waals surface area contributed by atoms with Gasteiger partial charge in [-0.05, 0) is 31.0 Å². The van der Waals surface area contributed by atoms with Crippen molar-refractivity contribution in [3.63, 3.8) is 0 Å². The number of carbonyl (C=O) groups excluding carboxylic acids is 2.